The van der Waals surface area contributed by atoms with Crippen LogP contribution in [0.2, 0.25) is 0 Å². The van der Waals surface area contributed by atoms with E-state index >= 15 is 0 Å². The summed E-state index contributed by atoms with van der Waals surface area (Å²) in [6, 6.07) is 19.3. The molecule has 0 aliphatic carbocycles. The van der Waals surface area contributed by atoms with Gasteiger partial charge in [0.15, 0.2) is 4.90 Å². The second-order valence-corrected chi connectivity index (χ2v) is 9.63. The van der Waals surface area contributed by atoms with Crippen LogP contribution in [0.4, 0.5) is 0 Å². The Morgan fingerprint density at radius 3 is 1.96 bits per heavy atom. The molecule has 0 atom stereocenters. The average Bonchev–Trinajstić information content (AvgIpc) is 3.17. The molecular weight excluding hydrogens is 368 g/mol. The highest BCUT2D eigenvalue weighted by Gasteiger charge is 2.28. The molecule has 0 bridgehead atoms. The van der Waals surface area contributed by atoms with Crippen LogP contribution in [0.15, 0.2) is 76.5 Å². The third-order valence-corrected chi connectivity index (χ3v) is 7.63. The summed E-state index contributed by atoms with van der Waals surface area (Å²) in [4.78, 5) is 1.26. The standard InChI is InChI=1S/C14H14OS.C6H6O3S/c15-13-7-8-14(16-9-3-4-10-16)12-6-2-1-5-11(12)13;7-10(8,9)6-4-2-1-3-5-6/h1-2,5-8H,3-4,9-10H2;1-5H,(H,7,8,9). The van der Waals surface area contributed by atoms with Gasteiger partial charge in [-0.25, -0.2) is 8.42 Å². The summed E-state index contributed by atoms with van der Waals surface area (Å²) in [5.41, 5.74) is 0. The van der Waals surface area contributed by atoms with Crippen molar-refractivity contribution in [2.24, 2.45) is 0 Å². The topological polar surface area (TPSA) is 77.4 Å². The normalized spacial score (nSPS) is 14.8. The molecule has 1 N–H and O–H groups in total. The van der Waals surface area contributed by atoms with E-state index in [0.29, 0.717) is 16.6 Å². The van der Waals surface area contributed by atoms with E-state index < -0.39 is 10.1 Å². The molecule has 1 aliphatic rings. The van der Waals surface area contributed by atoms with E-state index in [-0.39, 0.29) is 4.90 Å². The van der Waals surface area contributed by atoms with Crippen molar-refractivity contribution in [1.29, 1.82) is 0 Å². The molecule has 1 fully saturated rings. The third-order valence-electron chi connectivity index (χ3n) is 4.24. The van der Waals surface area contributed by atoms with Crippen molar-refractivity contribution >= 4 is 31.8 Å². The minimum Gasteiger partial charge on any atom is -0.744 e. The van der Waals surface area contributed by atoms with E-state index in [1.165, 1.54) is 58.9 Å². The molecule has 4 nitrogen and oxygen atoms in total. The third kappa shape index (κ3) is 4.38. The fraction of sp³-hybridized carbons (Fsp3) is 0.200. The van der Waals surface area contributed by atoms with E-state index in [9.17, 15) is 18.1 Å². The second-order valence-electron chi connectivity index (χ2n) is 6.00. The van der Waals surface area contributed by atoms with Gasteiger partial charge in [0, 0.05) is 21.7 Å². The predicted octanol–water partition coefficient (Wildman–Crippen LogP) is 3.91. The SMILES string of the molecule is O=S(=O)([O-])c1ccccc1.Oc1ccc([S+]2CCCC2)c2ccccc12. The lowest BCUT2D eigenvalue weighted by molar-refractivity contribution is 0.463. The molecule has 0 spiro atoms. The first kappa shape index (κ1) is 18.8. The van der Waals surface area contributed by atoms with Crippen LogP contribution in [0.25, 0.3) is 10.8 Å². The minimum atomic E-state index is -4.25. The highest BCUT2D eigenvalue weighted by molar-refractivity contribution is 7.97. The van der Waals surface area contributed by atoms with Gasteiger partial charge in [-0.15, -0.1) is 0 Å². The van der Waals surface area contributed by atoms with E-state index in [1.54, 1.807) is 6.07 Å². The lowest BCUT2D eigenvalue weighted by atomic mass is 10.1. The molecule has 1 aliphatic heterocycles. The molecule has 3 aromatic rings. The Kier molecular flexibility index (Phi) is 5.86. The van der Waals surface area contributed by atoms with Crippen molar-refractivity contribution < 1.29 is 18.1 Å². The van der Waals surface area contributed by atoms with E-state index in [4.69, 9.17) is 0 Å². The first-order valence-corrected chi connectivity index (χ1v) is 11.3. The van der Waals surface area contributed by atoms with Gasteiger partial charge in [-0.3, -0.25) is 0 Å². The summed E-state index contributed by atoms with van der Waals surface area (Å²) < 4.78 is 30.8. The van der Waals surface area contributed by atoms with Gasteiger partial charge < -0.3 is 9.66 Å². The molecule has 0 unspecified atom stereocenters. The van der Waals surface area contributed by atoms with Gasteiger partial charge in [0.1, 0.15) is 27.4 Å². The first-order chi connectivity index (χ1) is 12.5. The quantitative estimate of drug-likeness (QED) is 0.533. The summed E-state index contributed by atoms with van der Waals surface area (Å²) in [6.45, 7) is 0. The number of benzene rings is 3. The van der Waals surface area contributed by atoms with Gasteiger partial charge in [-0.05, 0) is 43.2 Å². The molecular formula is C20H20O4S2. The van der Waals surface area contributed by atoms with Gasteiger partial charge in [-0.2, -0.15) is 0 Å². The lowest BCUT2D eigenvalue weighted by Crippen LogP contribution is -2.04. The number of hydrogen-bond donors (Lipinski definition) is 1. The molecule has 0 radical (unpaired) electrons. The van der Waals surface area contributed by atoms with Crippen LogP contribution in [0, 0.1) is 0 Å². The van der Waals surface area contributed by atoms with Crippen LogP contribution in [-0.2, 0) is 21.0 Å². The van der Waals surface area contributed by atoms with Crippen LogP contribution in [-0.4, -0.2) is 29.6 Å². The zero-order valence-corrected chi connectivity index (χ0v) is 15.8. The van der Waals surface area contributed by atoms with Crippen LogP contribution >= 0.6 is 0 Å². The van der Waals surface area contributed by atoms with E-state index in [1.807, 2.05) is 18.2 Å². The molecule has 6 heteroatoms. The van der Waals surface area contributed by atoms with Gasteiger partial charge in [-0.1, -0.05) is 36.4 Å². The lowest BCUT2D eigenvalue weighted by Gasteiger charge is -2.06. The molecule has 3 aromatic carbocycles. The number of phenolic OH excluding ortho intramolecular Hbond substituents is 1. The molecule has 0 saturated carbocycles. The van der Waals surface area contributed by atoms with Gasteiger partial charge >= 0.3 is 0 Å². The Hall–Kier alpha value is -2.02. The predicted molar refractivity (Wildman–Crippen MR) is 105 cm³/mol. The van der Waals surface area contributed by atoms with Gasteiger partial charge in [0.2, 0.25) is 0 Å². The Balaban J connectivity index is 0.000000170. The Bertz CT molecular complexity index is 979. The number of aromatic hydroxyl groups is 1. The van der Waals surface area contributed by atoms with Crippen molar-refractivity contribution in [3.05, 3.63) is 66.7 Å². The van der Waals surface area contributed by atoms with Gasteiger partial charge in [0.05, 0.1) is 4.90 Å². The van der Waals surface area contributed by atoms with Crippen molar-refractivity contribution in [1.82, 2.24) is 0 Å². The molecule has 4 rings (SSSR count). The zero-order chi connectivity index (χ0) is 18.6. The summed E-state index contributed by atoms with van der Waals surface area (Å²) in [6.07, 6.45) is 2.72. The average molecular weight is 389 g/mol. The number of hydrogen-bond acceptors (Lipinski definition) is 4. The van der Waals surface area contributed by atoms with Crippen molar-refractivity contribution in [2.45, 2.75) is 22.6 Å². The maximum atomic E-state index is 10.3. The summed E-state index contributed by atoms with van der Waals surface area (Å²) >= 11 is 0. The van der Waals surface area contributed by atoms with Crippen molar-refractivity contribution in [3.8, 4) is 5.75 Å². The molecule has 1 heterocycles. The number of fused-ring (bicyclic) bond motifs is 1. The number of rotatable bonds is 2. The Morgan fingerprint density at radius 2 is 1.38 bits per heavy atom. The zero-order valence-electron chi connectivity index (χ0n) is 14.2. The highest BCUT2D eigenvalue weighted by atomic mass is 32.2. The minimum absolute atomic E-state index is 0.185. The Labute approximate surface area is 156 Å². The monoisotopic (exact) mass is 388 g/mol. The molecule has 0 amide bonds. The number of phenols is 1. The van der Waals surface area contributed by atoms with Gasteiger partial charge in [0.25, 0.3) is 0 Å². The van der Waals surface area contributed by atoms with Crippen LogP contribution in [0.5, 0.6) is 5.75 Å². The maximum Gasteiger partial charge on any atom is 0.162 e. The summed E-state index contributed by atoms with van der Waals surface area (Å²) in [5, 5.41) is 12.1. The molecule has 136 valence electrons. The fourth-order valence-corrected chi connectivity index (χ4v) is 5.96. The van der Waals surface area contributed by atoms with Crippen LogP contribution < -0.4 is 0 Å². The largest absolute Gasteiger partial charge is 0.744 e. The van der Waals surface area contributed by atoms with Crippen molar-refractivity contribution in [3.63, 3.8) is 0 Å². The Morgan fingerprint density at radius 1 is 0.808 bits per heavy atom. The highest BCUT2D eigenvalue weighted by Crippen LogP contribution is 2.33. The fourth-order valence-electron chi connectivity index (χ4n) is 2.97. The summed E-state index contributed by atoms with van der Waals surface area (Å²) in [7, 11) is -3.84. The van der Waals surface area contributed by atoms with E-state index in [0.717, 1.165) is 5.39 Å². The molecule has 0 aromatic heterocycles. The second kappa shape index (κ2) is 8.12. The first-order valence-electron chi connectivity index (χ1n) is 8.36. The smallest absolute Gasteiger partial charge is 0.162 e. The molecule has 26 heavy (non-hydrogen) atoms. The summed E-state index contributed by atoms with van der Waals surface area (Å²) in [5.74, 6) is 3.06. The van der Waals surface area contributed by atoms with Crippen molar-refractivity contribution in [2.75, 3.05) is 11.5 Å². The van der Waals surface area contributed by atoms with E-state index in [2.05, 4.69) is 18.2 Å². The van der Waals surface area contributed by atoms with Crippen LogP contribution in [0.1, 0.15) is 12.8 Å². The molecule has 1 saturated heterocycles. The maximum absolute atomic E-state index is 10.3. The van der Waals surface area contributed by atoms with Crippen LogP contribution in [0.3, 0.4) is 0 Å².